The molecule has 0 radical (unpaired) electrons. The van der Waals surface area contributed by atoms with E-state index in [1.54, 1.807) is 20.0 Å². The Bertz CT molecular complexity index is 779. The Balaban J connectivity index is 2.05. The molecule has 0 fully saturated rings. The molecule has 2 aromatic rings. The second kappa shape index (κ2) is 4.91. The first-order valence-electron chi connectivity index (χ1n) is 6.88. The van der Waals surface area contributed by atoms with E-state index >= 15 is 0 Å². The molecule has 0 spiro atoms. The van der Waals surface area contributed by atoms with Gasteiger partial charge in [-0.3, -0.25) is 9.78 Å². The molecule has 2 heterocycles. The highest BCUT2D eigenvalue weighted by atomic mass is 16.7. The van der Waals surface area contributed by atoms with E-state index in [0.29, 0.717) is 22.8 Å². The summed E-state index contributed by atoms with van der Waals surface area (Å²) in [5, 5.41) is 3.93. The van der Waals surface area contributed by atoms with Crippen LogP contribution >= 0.6 is 0 Å². The lowest BCUT2D eigenvalue weighted by molar-refractivity contribution is -0.128. The molecule has 6 nitrogen and oxygen atoms in total. The van der Waals surface area contributed by atoms with Gasteiger partial charge in [0.15, 0.2) is 11.3 Å². The van der Waals surface area contributed by atoms with Crippen molar-refractivity contribution in [2.24, 2.45) is 5.16 Å². The summed E-state index contributed by atoms with van der Waals surface area (Å²) in [4.78, 5) is 25.8. The lowest BCUT2D eigenvalue weighted by Crippen LogP contribution is -2.33. The van der Waals surface area contributed by atoms with E-state index in [1.807, 2.05) is 25.1 Å². The number of Topliss-reactive ketones (excluding diaryl/α,β-unsaturated/α-hetero) is 1. The topological polar surface area (TPSA) is 90.5 Å². The van der Waals surface area contributed by atoms with Gasteiger partial charge in [-0.05, 0) is 32.4 Å². The summed E-state index contributed by atoms with van der Waals surface area (Å²) in [5.74, 6) is 0.230. The van der Waals surface area contributed by atoms with Gasteiger partial charge >= 0.3 is 0 Å². The normalized spacial score (nSPS) is 16.3. The van der Waals surface area contributed by atoms with Crippen LogP contribution in [0.2, 0.25) is 0 Å². The van der Waals surface area contributed by atoms with Crippen molar-refractivity contribution in [1.82, 2.24) is 9.97 Å². The minimum absolute atomic E-state index is 0.134. The molecular formula is C16H16N4O2. The lowest BCUT2D eigenvalue weighted by Gasteiger charge is -2.12. The maximum Gasteiger partial charge on any atom is 0.230 e. The average Bonchev–Trinajstić information content (AvgIpc) is 2.75. The van der Waals surface area contributed by atoms with Gasteiger partial charge in [-0.2, -0.15) is 0 Å². The van der Waals surface area contributed by atoms with Gasteiger partial charge in [0.2, 0.25) is 5.78 Å². The Hall–Kier alpha value is -2.76. The molecule has 1 aromatic heterocycles. The Morgan fingerprint density at radius 1 is 1.18 bits per heavy atom. The zero-order chi connectivity index (χ0) is 15.9. The fourth-order valence-corrected chi connectivity index (χ4v) is 2.23. The van der Waals surface area contributed by atoms with Crippen molar-refractivity contribution in [3.8, 4) is 11.3 Å². The molecule has 22 heavy (non-hydrogen) atoms. The Labute approximate surface area is 128 Å². The second-order valence-corrected chi connectivity index (χ2v) is 5.73. The van der Waals surface area contributed by atoms with E-state index in [9.17, 15) is 4.79 Å². The highest BCUT2D eigenvalue weighted by Gasteiger charge is 2.40. The molecule has 1 aliphatic rings. The largest absolute Gasteiger partial charge is 0.382 e. The van der Waals surface area contributed by atoms with Gasteiger partial charge in [-0.1, -0.05) is 17.3 Å². The second-order valence-electron chi connectivity index (χ2n) is 5.73. The van der Waals surface area contributed by atoms with Crippen LogP contribution < -0.4 is 5.73 Å². The van der Waals surface area contributed by atoms with Crippen LogP contribution in [0.1, 0.15) is 25.0 Å². The monoisotopic (exact) mass is 296 g/mol. The summed E-state index contributed by atoms with van der Waals surface area (Å²) in [6, 6.07) is 5.64. The highest BCUT2D eigenvalue weighted by molar-refractivity contribution is 6.49. The third-order valence-corrected chi connectivity index (χ3v) is 3.59. The first-order valence-corrected chi connectivity index (χ1v) is 6.88. The van der Waals surface area contributed by atoms with E-state index in [0.717, 1.165) is 11.1 Å². The third kappa shape index (κ3) is 2.32. The number of carbonyl (C=O) groups is 1. The number of hydrogen-bond donors (Lipinski definition) is 1. The molecule has 2 N–H and O–H groups in total. The van der Waals surface area contributed by atoms with Gasteiger partial charge in [0, 0.05) is 11.1 Å². The Morgan fingerprint density at radius 2 is 1.95 bits per heavy atom. The fraction of sp³-hybridized carbons (Fsp3) is 0.250. The van der Waals surface area contributed by atoms with Crippen LogP contribution in [0.15, 0.2) is 35.7 Å². The number of nitrogens with zero attached hydrogens (tertiary/aromatic N) is 3. The van der Waals surface area contributed by atoms with Crippen LogP contribution in [-0.2, 0) is 9.63 Å². The molecular weight excluding hydrogens is 280 g/mol. The van der Waals surface area contributed by atoms with Crippen LogP contribution in [0.3, 0.4) is 0 Å². The van der Waals surface area contributed by atoms with Crippen molar-refractivity contribution in [3.63, 3.8) is 0 Å². The van der Waals surface area contributed by atoms with Gasteiger partial charge in [-0.25, -0.2) is 4.98 Å². The van der Waals surface area contributed by atoms with E-state index in [-0.39, 0.29) is 5.78 Å². The van der Waals surface area contributed by atoms with Crippen LogP contribution in [0, 0.1) is 6.92 Å². The molecule has 0 saturated heterocycles. The molecule has 1 aliphatic heterocycles. The van der Waals surface area contributed by atoms with Crippen LogP contribution in [0.25, 0.3) is 11.3 Å². The summed E-state index contributed by atoms with van der Waals surface area (Å²) < 4.78 is 0. The van der Waals surface area contributed by atoms with Crippen molar-refractivity contribution in [2.45, 2.75) is 26.4 Å². The lowest BCUT2D eigenvalue weighted by atomic mass is 9.93. The molecule has 0 amide bonds. The number of nitrogens with two attached hydrogens (primary N) is 1. The number of benzene rings is 1. The quantitative estimate of drug-likeness (QED) is 0.916. The number of aromatic nitrogens is 2. The van der Waals surface area contributed by atoms with Crippen LogP contribution in [0.5, 0.6) is 0 Å². The Morgan fingerprint density at radius 3 is 2.55 bits per heavy atom. The van der Waals surface area contributed by atoms with E-state index in [4.69, 9.17) is 10.6 Å². The smallest absolute Gasteiger partial charge is 0.230 e. The van der Waals surface area contributed by atoms with E-state index < -0.39 is 5.60 Å². The number of anilines is 1. The van der Waals surface area contributed by atoms with Crippen molar-refractivity contribution in [1.29, 1.82) is 0 Å². The number of aryl methyl sites for hydroxylation is 1. The number of hydrogen-bond acceptors (Lipinski definition) is 6. The molecule has 0 saturated carbocycles. The number of rotatable bonds is 2. The molecule has 112 valence electrons. The molecule has 0 unspecified atom stereocenters. The van der Waals surface area contributed by atoms with Crippen LogP contribution in [-0.4, -0.2) is 27.1 Å². The number of carbonyl (C=O) groups excluding carboxylic acids is 1. The minimum atomic E-state index is -0.915. The summed E-state index contributed by atoms with van der Waals surface area (Å²) in [6.45, 7) is 5.37. The summed E-state index contributed by atoms with van der Waals surface area (Å²) in [5.41, 5.74) is 8.28. The molecule has 0 bridgehead atoms. The average molecular weight is 296 g/mol. The summed E-state index contributed by atoms with van der Waals surface area (Å²) >= 11 is 0. The predicted molar refractivity (Wildman–Crippen MR) is 83.3 cm³/mol. The van der Waals surface area contributed by atoms with Crippen molar-refractivity contribution < 1.29 is 9.63 Å². The summed E-state index contributed by atoms with van der Waals surface area (Å²) in [6.07, 6.45) is 3.12. The van der Waals surface area contributed by atoms with E-state index in [2.05, 4.69) is 15.1 Å². The standard InChI is InChI=1S/C16H16N4O2/c1-9-4-5-10(14-15(21)16(2,3)22-20-14)6-11(9)12-7-19-13(17)8-18-12/h4-8H,1-3H3,(H2,17,19). The van der Waals surface area contributed by atoms with Gasteiger partial charge in [0.25, 0.3) is 0 Å². The SMILES string of the molecule is Cc1ccc(C2=NOC(C)(C)C2=O)cc1-c1cnc(N)cn1. The molecule has 6 heteroatoms. The molecule has 1 aromatic carbocycles. The zero-order valence-corrected chi connectivity index (χ0v) is 12.6. The molecule has 0 atom stereocenters. The Kier molecular flexibility index (Phi) is 3.16. The van der Waals surface area contributed by atoms with Crippen molar-refractivity contribution in [2.75, 3.05) is 5.73 Å². The maximum atomic E-state index is 12.3. The molecule has 0 aliphatic carbocycles. The van der Waals surface area contributed by atoms with E-state index in [1.165, 1.54) is 6.20 Å². The van der Waals surface area contributed by atoms with Gasteiger partial charge in [-0.15, -0.1) is 0 Å². The maximum absolute atomic E-state index is 12.3. The number of oxime groups is 1. The zero-order valence-electron chi connectivity index (χ0n) is 12.6. The van der Waals surface area contributed by atoms with Gasteiger partial charge in [0.1, 0.15) is 5.82 Å². The highest BCUT2D eigenvalue weighted by Crippen LogP contribution is 2.27. The predicted octanol–water partition coefficient (Wildman–Crippen LogP) is 2.12. The first-order chi connectivity index (χ1) is 10.4. The summed E-state index contributed by atoms with van der Waals surface area (Å²) in [7, 11) is 0. The minimum Gasteiger partial charge on any atom is -0.382 e. The first kappa shape index (κ1) is 14.2. The van der Waals surface area contributed by atoms with Crippen molar-refractivity contribution >= 4 is 17.3 Å². The van der Waals surface area contributed by atoms with Gasteiger partial charge < -0.3 is 10.6 Å². The van der Waals surface area contributed by atoms with Crippen molar-refractivity contribution in [3.05, 3.63) is 41.7 Å². The van der Waals surface area contributed by atoms with Crippen LogP contribution in [0.4, 0.5) is 5.82 Å². The number of nitrogen functional groups attached to an aromatic ring is 1. The van der Waals surface area contributed by atoms with Gasteiger partial charge in [0.05, 0.1) is 18.1 Å². The number of ketones is 1. The molecule has 3 rings (SSSR count). The fourth-order valence-electron chi connectivity index (χ4n) is 2.23. The third-order valence-electron chi connectivity index (χ3n) is 3.59.